The molecule has 1 aliphatic carbocycles. The van der Waals surface area contributed by atoms with E-state index in [4.69, 9.17) is 4.74 Å². The first kappa shape index (κ1) is 27.3. The molecule has 1 saturated heterocycles. The van der Waals surface area contributed by atoms with Crippen molar-refractivity contribution in [3.8, 4) is 0 Å². The number of ether oxygens (including phenoxy) is 1. The average Bonchev–Trinajstić information content (AvgIpc) is 2.83. The lowest BCUT2D eigenvalue weighted by molar-refractivity contribution is -0.119. The lowest BCUT2D eigenvalue weighted by Gasteiger charge is -2.26. The van der Waals surface area contributed by atoms with Crippen LogP contribution in [0, 0.1) is 0 Å². The van der Waals surface area contributed by atoms with Crippen LogP contribution in [0.25, 0.3) is 0 Å². The Balaban J connectivity index is 1.54. The summed E-state index contributed by atoms with van der Waals surface area (Å²) in [5.74, 6) is 0.581. The number of amides is 1. The van der Waals surface area contributed by atoms with E-state index in [1.54, 1.807) is 0 Å². The average molecular weight is 534 g/mol. The van der Waals surface area contributed by atoms with Crippen molar-refractivity contribution in [2.24, 2.45) is 0 Å². The van der Waals surface area contributed by atoms with E-state index >= 15 is 0 Å². The molecule has 0 atom stereocenters. The van der Waals surface area contributed by atoms with Gasteiger partial charge >= 0.3 is 0 Å². The molecule has 1 aromatic carbocycles. The van der Waals surface area contributed by atoms with E-state index in [2.05, 4.69) is 5.32 Å². The SMILES string of the molecule is CS(=O)(=O)N(CC(=O)NCCCSC1CCCCC1)c1ccc(S(=O)(=O)N2CCOCC2)cc1. The first-order valence-electron chi connectivity index (χ1n) is 11.7. The Hall–Kier alpha value is -1.34. The fourth-order valence-electron chi connectivity index (χ4n) is 4.09. The first-order valence-corrected chi connectivity index (χ1v) is 16.1. The second kappa shape index (κ2) is 12.6. The van der Waals surface area contributed by atoms with Crippen LogP contribution >= 0.6 is 11.8 Å². The molecule has 0 spiro atoms. The summed E-state index contributed by atoms with van der Waals surface area (Å²) in [6.07, 6.45) is 8.33. The normalized spacial score (nSPS) is 18.5. The predicted molar refractivity (Wildman–Crippen MR) is 135 cm³/mol. The van der Waals surface area contributed by atoms with Crippen molar-refractivity contribution in [3.63, 3.8) is 0 Å². The molecule has 34 heavy (non-hydrogen) atoms. The van der Waals surface area contributed by atoms with Crippen molar-refractivity contribution in [1.82, 2.24) is 9.62 Å². The number of anilines is 1. The van der Waals surface area contributed by atoms with E-state index in [1.165, 1.54) is 60.7 Å². The molecule has 12 heteroatoms. The Bertz CT molecular complexity index is 1000. The second-order valence-corrected chi connectivity index (χ2v) is 13.9. The maximum absolute atomic E-state index is 12.8. The quantitative estimate of drug-likeness (QED) is 0.433. The van der Waals surface area contributed by atoms with Crippen LogP contribution in [0.2, 0.25) is 0 Å². The van der Waals surface area contributed by atoms with Gasteiger partial charge in [0, 0.05) is 24.9 Å². The number of sulfonamides is 2. The minimum Gasteiger partial charge on any atom is -0.379 e. The molecule has 192 valence electrons. The summed E-state index contributed by atoms with van der Waals surface area (Å²) in [5.41, 5.74) is 0.242. The Morgan fingerprint density at radius 1 is 1.09 bits per heavy atom. The summed E-state index contributed by atoms with van der Waals surface area (Å²) in [6.45, 7) is 1.37. The Kier molecular flexibility index (Phi) is 10.1. The van der Waals surface area contributed by atoms with Gasteiger partial charge in [0.1, 0.15) is 6.54 Å². The van der Waals surface area contributed by atoms with Gasteiger partial charge in [-0.15, -0.1) is 0 Å². The highest BCUT2D eigenvalue weighted by Crippen LogP contribution is 2.28. The summed E-state index contributed by atoms with van der Waals surface area (Å²) in [5, 5.41) is 3.52. The van der Waals surface area contributed by atoms with E-state index in [1.807, 2.05) is 11.8 Å². The summed E-state index contributed by atoms with van der Waals surface area (Å²) >= 11 is 1.96. The van der Waals surface area contributed by atoms with Gasteiger partial charge in [-0.2, -0.15) is 16.1 Å². The van der Waals surface area contributed by atoms with Crippen molar-refractivity contribution in [2.75, 3.05) is 55.7 Å². The van der Waals surface area contributed by atoms with E-state index in [0.29, 0.717) is 19.8 Å². The molecule has 1 heterocycles. The molecule has 0 radical (unpaired) electrons. The van der Waals surface area contributed by atoms with Gasteiger partial charge in [0.05, 0.1) is 30.1 Å². The number of morpholine rings is 1. The zero-order valence-corrected chi connectivity index (χ0v) is 22.1. The number of nitrogens with one attached hydrogen (secondary N) is 1. The minimum absolute atomic E-state index is 0.0755. The van der Waals surface area contributed by atoms with Gasteiger partial charge in [0.25, 0.3) is 0 Å². The molecular weight excluding hydrogens is 498 g/mol. The molecule has 2 aliphatic rings. The molecule has 1 aliphatic heterocycles. The highest BCUT2D eigenvalue weighted by atomic mass is 32.2. The van der Waals surface area contributed by atoms with Gasteiger partial charge in [-0.3, -0.25) is 9.10 Å². The van der Waals surface area contributed by atoms with Crippen LogP contribution in [-0.2, 0) is 29.6 Å². The summed E-state index contributed by atoms with van der Waals surface area (Å²) in [6, 6.07) is 5.59. The van der Waals surface area contributed by atoms with Crippen LogP contribution in [0.4, 0.5) is 5.69 Å². The number of hydrogen-bond acceptors (Lipinski definition) is 7. The number of hydrogen-bond donors (Lipinski definition) is 1. The van der Waals surface area contributed by atoms with Crippen LogP contribution in [0.15, 0.2) is 29.2 Å². The number of carbonyl (C=O) groups is 1. The number of benzene rings is 1. The van der Waals surface area contributed by atoms with Crippen molar-refractivity contribution >= 4 is 43.4 Å². The monoisotopic (exact) mass is 533 g/mol. The van der Waals surface area contributed by atoms with Gasteiger partial charge in [-0.1, -0.05) is 19.3 Å². The van der Waals surface area contributed by atoms with Crippen LogP contribution in [0.3, 0.4) is 0 Å². The van der Waals surface area contributed by atoms with Crippen LogP contribution in [0.5, 0.6) is 0 Å². The Morgan fingerprint density at radius 2 is 1.74 bits per heavy atom. The number of thioether (sulfide) groups is 1. The Morgan fingerprint density at radius 3 is 2.35 bits per heavy atom. The summed E-state index contributed by atoms with van der Waals surface area (Å²) in [7, 11) is -7.42. The Labute approximate surface area is 207 Å². The molecule has 1 amide bonds. The zero-order valence-electron chi connectivity index (χ0n) is 19.6. The molecule has 1 aromatic rings. The smallest absolute Gasteiger partial charge is 0.243 e. The van der Waals surface area contributed by atoms with Crippen LogP contribution in [-0.4, -0.2) is 83.7 Å². The fourth-order valence-corrected chi connectivity index (χ4v) is 7.66. The third-order valence-corrected chi connectivity index (χ3v) is 10.5. The third-order valence-electron chi connectivity index (χ3n) is 5.97. The predicted octanol–water partition coefficient (Wildman–Crippen LogP) is 2.05. The maximum Gasteiger partial charge on any atom is 0.243 e. The lowest BCUT2D eigenvalue weighted by Crippen LogP contribution is -2.41. The molecule has 0 aromatic heterocycles. The summed E-state index contributed by atoms with van der Waals surface area (Å²) < 4.78 is 57.8. The molecule has 1 saturated carbocycles. The first-order chi connectivity index (χ1) is 16.2. The van der Waals surface area contributed by atoms with Gasteiger partial charge in [0.2, 0.25) is 26.0 Å². The fraction of sp³-hybridized carbons (Fsp3) is 0.682. The van der Waals surface area contributed by atoms with Crippen molar-refractivity contribution < 1.29 is 26.4 Å². The zero-order chi connectivity index (χ0) is 24.6. The molecule has 1 N–H and O–H groups in total. The molecule has 9 nitrogen and oxygen atoms in total. The highest BCUT2D eigenvalue weighted by Gasteiger charge is 2.27. The topological polar surface area (TPSA) is 113 Å². The van der Waals surface area contributed by atoms with Crippen molar-refractivity contribution in [1.29, 1.82) is 0 Å². The second-order valence-electron chi connectivity index (χ2n) is 8.61. The summed E-state index contributed by atoms with van der Waals surface area (Å²) in [4.78, 5) is 12.5. The molecule has 0 unspecified atom stereocenters. The standard InChI is InChI=1S/C22H35N3O6S3/c1-33(27,28)25(18-22(26)23-12-5-17-32-20-6-3-2-4-7-20)19-8-10-21(11-9-19)34(29,30)24-13-15-31-16-14-24/h8-11,20H,2-7,12-18H2,1H3,(H,23,26). The van der Waals surface area contributed by atoms with Crippen molar-refractivity contribution in [2.45, 2.75) is 48.7 Å². The maximum atomic E-state index is 12.8. The third kappa shape index (κ3) is 7.84. The van der Waals surface area contributed by atoms with Gasteiger partial charge < -0.3 is 10.1 Å². The minimum atomic E-state index is -3.74. The molecular formula is C22H35N3O6S3. The number of rotatable bonds is 11. The van der Waals surface area contributed by atoms with E-state index in [-0.39, 0.29) is 30.2 Å². The van der Waals surface area contributed by atoms with E-state index in [0.717, 1.165) is 28.0 Å². The highest BCUT2D eigenvalue weighted by molar-refractivity contribution is 7.99. The number of nitrogens with zero attached hydrogens (tertiary/aromatic N) is 2. The van der Waals surface area contributed by atoms with Gasteiger partial charge in [-0.05, 0) is 49.3 Å². The van der Waals surface area contributed by atoms with Gasteiger partial charge in [0.15, 0.2) is 0 Å². The number of carbonyl (C=O) groups excluding carboxylic acids is 1. The largest absolute Gasteiger partial charge is 0.379 e. The van der Waals surface area contributed by atoms with E-state index < -0.39 is 26.0 Å². The lowest BCUT2D eigenvalue weighted by atomic mass is 10.0. The molecule has 2 fully saturated rings. The van der Waals surface area contributed by atoms with Crippen LogP contribution < -0.4 is 9.62 Å². The molecule has 0 bridgehead atoms. The van der Waals surface area contributed by atoms with Crippen molar-refractivity contribution in [3.05, 3.63) is 24.3 Å². The van der Waals surface area contributed by atoms with Gasteiger partial charge in [-0.25, -0.2) is 16.8 Å². The molecule has 3 rings (SSSR count). The van der Waals surface area contributed by atoms with E-state index in [9.17, 15) is 21.6 Å². The van der Waals surface area contributed by atoms with Crippen LogP contribution in [0.1, 0.15) is 38.5 Å².